The lowest BCUT2D eigenvalue weighted by atomic mass is 9.94. The largest absolute Gasteiger partial charge is 0.465 e. The molecule has 2 aromatic rings. The van der Waals surface area contributed by atoms with Crippen molar-refractivity contribution < 1.29 is 9.21 Å². The lowest BCUT2D eigenvalue weighted by Gasteiger charge is -2.19. The molecule has 1 aliphatic carbocycles. The smallest absolute Gasteiger partial charge is 0.257 e. The molecule has 1 amide bonds. The van der Waals surface area contributed by atoms with Crippen LogP contribution in [0.4, 0.5) is 0 Å². The minimum absolute atomic E-state index is 0.129. The molecule has 6 heteroatoms. The van der Waals surface area contributed by atoms with E-state index >= 15 is 0 Å². The fourth-order valence-electron chi connectivity index (χ4n) is 4.74. The van der Waals surface area contributed by atoms with Crippen molar-refractivity contribution in [1.82, 2.24) is 20.2 Å². The van der Waals surface area contributed by atoms with Gasteiger partial charge in [-0.1, -0.05) is 0 Å². The van der Waals surface area contributed by atoms with Crippen molar-refractivity contribution in [2.24, 2.45) is 0 Å². The molecule has 0 aromatic carbocycles. The summed E-state index contributed by atoms with van der Waals surface area (Å²) < 4.78 is 5.91. The van der Waals surface area contributed by atoms with Crippen molar-refractivity contribution in [1.29, 1.82) is 0 Å². The molecule has 142 valence electrons. The molecular formula is C21H26N4O2. The fraction of sp³-hybridized carbons (Fsp3) is 0.571. The third-order valence-corrected chi connectivity index (χ3v) is 6.23. The van der Waals surface area contributed by atoms with Crippen molar-refractivity contribution in [3.05, 3.63) is 45.9 Å². The molecule has 0 spiro atoms. The molecule has 4 heterocycles. The van der Waals surface area contributed by atoms with Crippen LogP contribution >= 0.6 is 0 Å². The van der Waals surface area contributed by atoms with Gasteiger partial charge in [0.2, 0.25) is 0 Å². The summed E-state index contributed by atoms with van der Waals surface area (Å²) in [4.78, 5) is 24.6. The topological polar surface area (TPSA) is 71.3 Å². The number of hydrogen-bond acceptors (Lipinski definition) is 5. The van der Waals surface area contributed by atoms with Crippen LogP contribution in [-0.4, -0.2) is 40.4 Å². The van der Waals surface area contributed by atoms with Crippen molar-refractivity contribution in [3.8, 4) is 0 Å². The summed E-state index contributed by atoms with van der Waals surface area (Å²) in [7, 11) is 0. The molecule has 0 radical (unpaired) electrons. The van der Waals surface area contributed by atoms with Crippen molar-refractivity contribution >= 4 is 5.91 Å². The summed E-state index contributed by atoms with van der Waals surface area (Å²) in [5.74, 6) is 3.08. The minimum atomic E-state index is 0.129. The molecular weight excluding hydrogens is 340 g/mol. The highest BCUT2D eigenvalue weighted by Crippen LogP contribution is 2.33. The Balaban J connectivity index is 1.35. The van der Waals surface area contributed by atoms with Crippen LogP contribution in [0.3, 0.4) is 0 Å². The number of furan rings is 1. The minimum Gasteiger partial charge on any atom is -0.465 e. The summed E-state index contributed by atoms with van der Waals surface area (Å²) >= 11 is 0. The number of rotatable bonds is 2. The Morgan fingerprint density at radius 2 is 2.19 bits per heavy atom. The number of aromatic nitrogens is 2. The number of carbonyl (C=O) groups excluding carboxylic acids is 1. The second-order valence-corrected chi connectivity index (χ2v) is 8.01. The molecule has 1 unspecified atom stereocenters. The summed E-state index contributed by atoms with van der Waals surface area (Å²) in [6, 6.07) is 0. The molecule has 1 atom stereocenters. The standard InChI is InChI=1S/C21H26N4O2/c1-13-19(16-4-2-3-5-18(16)27-13)21(26)25-9-7-14(12-25)20-23-11-15-10-22-8-6-17(15)24-20/h11,14,22H,2-10,12H2,1H3. The molecule has 1 saturated heterocycles. The first kappa shape index (κ1) is 16.9. The summed E-state index contributed by atoms with van der Waals surface area (Å²) in [6.07, 6.45) is 8.08. The van der Waals surface area contributed by atoms with Gasteiger partial charge in [-0.3, -0.25) is 4.79 Å². The van der Waals surface area contributed by atoms with Gasteiger partial charge in [-0.15, -0.1) is 0 Å². The molecule has 1 N–H and O–H groups in total. The first-order valence-electron chi connectivity index (χ1n) is 10.2. The zero-order chi connectivity index (χ0) is 18.4. The average Bonchev–Trinajstić information content (AvgIpc) is 3.31. The molecule has 2 aromatic heterocycles. The Morgan fingerprint density at radius 1 is 1.30 bits per heavy atom. The normalized spacial score (nSPS) is 21.8. The van der Waals surface area contributed by atoms with Crippen LogP contribution in [-0.2, 0) is 25.8 Å². The quantitative estimate of drug-likeness (QED) is 0.884. The molecule has 0 bridgehead atoms. The Labute approximate surface area is 159 Å². The van der Waals surface area contributed by atoms with E-state index in [4.69, 9.17) is 9.40 Å². The van der Waals surface area contributed by atoms with E-state index < -0.39 is 0 Å². The predicted molar refractivity (Wildman–Crippen MR) is 101 cm³/mol. The maximum absolute atomic E-state index is 13.2. The van der Waals surface area contributed by atoms with Gasteiger partial charge in [0.1, 0.15) is 17.3 Å². The lowest BCUT2D eigenvalue weighted by Crippen LogP contribution is -2.30. The zero-order valence-corrected chi connectivity index (χ0v) is 15.9. The van der Waals surface area contributed by atoms with Gasteiger partial charge >= 0.3 is 0 Å². The first-order valence-corrected chi connectivity index (χ1v) is 10.2. The van der Waals surface area contributed by atoms with Gasteiger partial charge in [-0.2, -0.15) is 0 Å². The molecule has 5 rings (SSSR count). The van der Waals surface area contributed by atoms with Crippen molar-refractivity contribution in [2.45, 2.75) is 57.9 Å². The van der Waals surface area contributed by atoms with Crippen LogP contribution in [0.5, 0.6) is 0 Å². The summed E-state index contributed by atoms with van der Waals surface area (Å²) in [5.41, 5.74) is 4.35. The third-order valence-electron chi connectivity index (χ3n) is 6.23. The molecule has 2 aliphatic heterocycles. The number of carbonyl (C=O) groups is 1. The number of aryl methyl sites for hydroxylation is 2. The number of nitrogens with zero attached hydrogens (tertiary/aromatic N) is 3. The maximum Gasteiger partial charge on any atom is 0.257 e. The van der Waals surface area contributed by atoms with Gasteiger partial charge in [0.25, 0.3) is 5.91 Å². The molecule has 0 saturated carbocycles. The molecule has 27 heavy (non-hydrogen) atoms. The predicted octanol–water partition coefficient (Wildman–Crippen LogP) is 2.53. The average molecular weight is 366 g/mol. The van der Waals surface area contributed by atoms with Gasteiger partial charge in [-0.05, 0) is 32.6 Å². The molecule has 6 nitrogen and oxygen atoms in total. The van der Waals surface area contributed by atoms with E-state index in [1.165, 1.54) is 11.3 Å². The fourth-order valence-corrected chi connectivity index (χ4v) is 4.74. The van der Waals surface area contributed by atoms with Crippen molar-refractivity contribution in [3.63, 3.8) is 0 Å². The van der Waals surface area contributed by atoms with E-state index in [2.05, 4.69) is 10.3 Å². The van der Waals surface area contributed by atoms with E-state index in [-0.39, 0.29) is 11.8 Å². The number of nitrogens with one attached hydrogen (secondary N) is 1. The first-order chi connectivity index (χ1) is 13.2. The Morgan fingerprint density at radius 3 is 3.11 bits per heavy atom. The SMILES string of the molecule is Cc1oc2c(c1C(=O)N1CCC(c3ncc4c(n3)CCNC4)C1)CCCC2. The van der Waals surface area contributed by atoms with Crippen LogP contribution in [0.25, 0.3) is 0 Å². The highest BCUT2D eigenvalue weighted by Gasteiger charge is 2.34. The van der Waals surface area contributed by atoms with Gasteiger partial charge < -0.3 is 14.6 Å². The van der Waals surface area contributed by atoms with E-state index in [1.807, 2.05) is 18.0 Å². The van der Waals surface area contributed by atoms with Crippen LogP contribution < -0.4 is 5.32 Å². The van der Waals surface area contributed by atoms with E-state index in [0.29, 0.717) is 6.54 Å². The monoisotopic (exact) mass is 366 g/mol. The zero-order valence-electron chi connectivity index (χ0n) is 15.9. The lowest BCUT2D eigenvalue weighted by molar-refractivity contribution is 0.0787. The van der Waals surface area contributed by atoms with Crippen molar-refractivity contribution in [2.75, 3.05) is 19.6 Å². The second kappa shape index (κ2) is 6.75. The summed E-state index contributed by atoms with van der Waals surface area (Å²) in [5, 5.41) is 3.36. The Bertz CT molecular complexity index is 889. The maximum atomic E-state index is 13.2. The highest BCUT2D eigenvalue weighted by atomic mass is 16.3. The van der Waals surface area contributed by atoms with E-state index in [1.54, 1.807) is 0 Å². The van der Waals surface area contributed by atoms with Crippen LogP contribution in [0, 0.1) is 6.92 Å². The second-order valence-electron chi connectivity index (χ2n) is 8.01. The van der Waals surface area contributed by atoms with Crippen LogP contribution in [0.1, 0.15) is 69.7 Å². The van der Waals surface area contributed by atoms with E-state index in [0.717, 1.165) is 86.6 Å². The van der Waals surface area contributed by atoms with Crippen LogP contribution in [0.15, 0.2) is 10.6 Å². The van der Waals surface area contributed by atoms with Gasteiger partial charge in [0.05, 0.1) is 5.56 Å². The Hall–Kier alpha value is -2.21. The number of fused-ring (bicyclic) bond motifs is 2. The molecule has 1 fully saturated rings. The third kappa shape index (κ3) is 2.96. The van der Waals surface area contributed by atoms with E-state index in [9.17, 15) is 4.79 Å². The highest BCUT2D eigenvalue weighted by molar-refractivity contribution is 5.97. The number of amides is 1. The van der Waals surface area contributed by atoms with Crippen LogP contribution in [0.2, 0.25) is 0 Å². The Kier molecular flexibility index (Phi) is 4.23. The van der Waals surface area contributed by atoms with Gasteiger partial charge in [0, 0.05) is 68.0 Å². The van der Waals surface area contributed by atoms with Gasteiger partial charge in [-0.25, -0.2) is 9.97 Å². The summed E-state index contributed by atoms with van der Waals surface area (Å²) in [6.45, 7) is 5.24. The molecule has 3 aliphatic rings. The number of hydrogen-bond donors (Lipinski definition) is 1. The number of likely N-dealkylation sites (tertiary alicyclic amines) is 1. The van der Waals surface area contributed by atoms with Gasteiger partial charge in [0.15, 0.2) is 0 Å².